The highest BCUT2D eigenvalue weighted by Crippen LogP contribution is 2.28. The van der Waals surface area contributed by atoms with Gasteiger partial charge in [-0.25, -0.2) is 5.43 Å². The topological polar surface area (TPSA) is 91.2 Å². The van der Waals surface area contributed by atoms with Gasteiger partial charge in [0, 0.05) is 11.6 Å². The Labute approximate surface area is 154 Å². The molecule has 0 aliphatic rings. The second kappa shape index (κ2) is 8.53. The fraction of sp³-hybridized carbons (Fsp3) is 0.222. The van der Waals surface area contributed by atoms with E-state index in [2.05, 4.69) is 40.3 Å². The number of rotatable bonds is 6. The van der Waals surface area contributed by atoms with Crippen molar-refractivity contribution in [2.24, 2.45) is 5.10 Å². The lowest BCUT2D eigenvalue weighted by Gasteiger charge is -2.10. The van der Waals surface area contributed by atoms with Crippen LogP contribution in [-0.4, -0.2) is 28.9 Å². The van der Waals surface area contributed by atoms with Gasteiger partial charge in [0.1, 0.15) is 17.2 Å². The molecule has 132 valence electrons. The van der Waals surface area contributed by atoms with E-state index in [4.69, 9.17) is 4.74 Å². The highest BCUT2D eigenvalue weighted by atomic mass is 79.9. The van der Waals surface area contributed by atoms with Gasteiger partial charge < -0.3 is 14.9 Å². The van der Waals surface area contributed by atoms with E-state index in [9.17, 15) is 15.0 Å². The van der Waals surface area contributed by atoms with Gasteiger partial charge in [-0.1, -0.05) is 19.9 Å². The van der Waals surface area contributed by atoms with E-state index in [0.717, 1.165) is 4.47 Å². The molecule has 0 saturated heterocycles. The minimum Gasteiger partial charge on any atom is -0.508 e. The van der Waals surface area contributed by atoms with Crippen molar-refractivity contribution in [1.29, 1.82) is 0 Å². The lowest BCUT2D eigenvalue weighted by Crippen LogP contribution is -2.24. The zero-order valence-corrected chi connectivity index (χ0v) is 15.4. The number of carbonyl (C=O) groups is 1. The number of hydrazone groups is 1. The molecular weight excluding hydrogens is 388 g/mol. The van der Waals surface area contributed by atoms with Crippen LogP contribution in [0.2, 0.25) is 0 Å². The normalized spacial score (nSPS) is 11.0. The highest BCUT2D eigenvalue weighted by molar-refractivity contribution is 9.10. The molecule has 2 aromatic carbocycles. The van der Waals surface area contributed by atoms with Crippen molar-refractivity contribution < 1.29 is 19.7 Å². The molecule has 0 spiro atoms. The fourth-order valence-electron chi connectivity index (χ4n) is 1.98. The minimum absolute atomic E-state index is 0.0545. The molecule has 7 heteroatoms. The van der Waals surface area contributed by atoms with Crippen molar-refractivity contribution in [3.8, 4) is 17.2 Å². The van der Waals surface area contributed by atoms with Gasteiger partial charge in [-0.05, 0) is 51.7 Å². The highest BCUT2D eigenvalue weighted by Gasteiger charge is 2.08. The largest absolute Gasteiger partial charge is 0.508 e. The zero-order chi connectivity index (χ0) is 18.4. The van der Waals surface area contributed by atoms with Crippen LogP contribution < -0.4 is 10.2 Å². The summed E-state index contributed by atoms with van der Waals surface area (Å²) in [5.41, 5.74) is 3.84. The number of ether oxygens (including phenoxy) is 1. The van der Waals surface area contributed by atoms with Crippen LogP contribution in [0.3, 0.4) is 0 Å². The van der Waals surface area contributed by atoms with Crippen molar-refractivity contribution in [3.05, 3.63) is 52.0 Å². The van der Waals surface area contributed by atoms with Gasteiger partial charge in [-0.3, -0.25) is 4.79 Å². The fourth-order valence-corrected chi connectivity index (χ4v) is 2.49. The molecule has 0 atom stereocenters. The third-order valence-corrected chi connectivity index (χ3v) is 4.01. The molecule has 0 saturated carbocycles. The van der Waals surface area contributed by atoms with E-state index < -0.39 is 5.91 Å². The van der Waals surface area contributed by atoms with Crippen molar-refractivity contribution in [3.63, 3.8) is 0 Å². The number of nitrogens with zero attached hydrogens (tertiary/aromatic N) is 1. The summed E-state index contributed by atoms with van der Waals surface area (Å²) in [5.74, 6) is 0.345. The van der Waals surface area contributed by atoms with Crippen molar-refractivity contribution in [1.82, 2.24) is 5.43 Å². The van der Waals surface area contributed by atoms with E-state index >= 15 is 0 Å². The van der Waals surface area contributed by atoms with Crippen LogP contribution in [0.15, 0.2) is 46.0 Å². The summed E-state index contributed by atoms with van der Waals surface area (Å²) in [7, 11) is 0. The number of phenols is 2. The number of carbonyl (C=O) groups excluding carboxylic acids is 1. The predicted molar refractivity (Wildman–Crippen MR) is 99.2 cm³/mol. The maximum atomic E-state index is 11.8. The Morgan fingerprint density at radius 1 is 1.28 bits per heavy atom. The Bertz CT molecular complexity index is 791. The standard InChI is InChI=1S/C18H19BrN2O4/c1-11(2)12-4-6-17(15(19)7-12)25-10-18(24)21-20-9-13-3-5-14(22)8-16(13)23/h3-9,11,22-23H,10H2,1-2H3,(H,21,24)/b20-9+. The summed E-state index contributed by atoms with van der Waals surface area (Å²) in [5, 5.41) is 22.6. The van der Waals surface area contributed by atoms with Gasteiger partial charge >= 0.3 is 0 Å². The lowest BCUT2D eigenvalue weighted by molar-refractivity contribution is -0.123. The molecule has 0 aliphatic carbocycles. The van der Waals surface area contributed by atoms with Gasteiger partial charge in [0.2, 0.25) is 0 Å². The number of benzene rings is 2. The van der Waals surface area contributed by atoms with E-state index in [0.29, 0.717) is 17.2 Å². The molecular formula is C18H19BrN2O4. The third kappa shape index (κ3) is 5.49. The van der Waals surface area contributed by atoms with Crippen LogP contribution in [0.1, 0.15) is 30.9 Å². The van der Waals surface area contributed by atoms with Gasteiger partial charge in [0.25, 0.3) is 5.91 Å². The van der Waals surface area contributed by atoms with Gasteiger partial charge in [-0.2, -0.15) is 5.10 Å². The molecule has 0 aromatic heterocycles. The Balaban J connectivity index is 1.87. The molecule has 2 rings (SSSR count). The molecule has 0 bridgehead atoms. The molecule has 1 amide bonds. The lowest BCUT2D eigenvalue weighted by atomic mass is 10.0. The number of phenolic OH excluding ortho intramolecular Hbond substituents is 2. The molecule has 6 nitrogen and oxygen atoms in total. The van der Waals surface area contributed by atoms with Gasteiger partial charge in [-0.15, -0.1) is 0 Å². The molecule has 0 fully saturated rings. The number of halogens is 1. The van der Waals surface area contributed by atoms with Gasteiger partial charge in [0.05, 0.1) is 10.7 Å². The Morgan fingerprint density at radius 3 is 2.68 bits per heavy atom. The third-order valence-electron chi connectivity index (χ3n) is 3.39. The summed E-state index contributed by atoms with van der Waals surface area (Å²) in [6, 6.07) is 9.79. The van der Waals surface area contributed by atoms with E-state index in [1.54, 1.807) is 0 Å². The van der Waals surface area contributed by atoms with Crippen LogP contribution in [-0.2, 0) is 4.79 Å². The second-order valence-corrected chi connectivity index (χ2v) is 6.52. The monoisotopic (exact) mass is 406 g/mol. The summed E-state index contributed by atoms with van der Waals surface area (Å²) in [6.07, 6.45) is 1.28. The number of aromatic hydroxyl groups is 2. The first-order valence-corrected chi connectivity index (χ1v) is 8.42. The average Bonchev–Trinajstić information content (AvgIpc) is 2.55. The quantitative estimate of drug-likeness (QED) is 0.505. The summed E-state index contributed by atoms with van der Waals surface area (Å²) >= 11 is 3.43. The smallest absolute Gasteiger partial charge is 0.277 e. The van der Waals surface area contributed by atoms with E-state index in [1.807, 2.05) is 18.2 Å². The number of amides is 1. The molecule has 3 N–H and O–H groups in total. The van der Waals surface area contributed by atoms with Gasteiger partial charge in [0.15, 0.2) is 6.61 Å². The summed E-state index contributed by atoms with van der Waals surface area (Å²) in [6.45, 7) is 4.00. The molecule has 25 heavy (non-hydrogen) atoms. The average molecular weight is 407 g/mol. The van der Waals surface area contributed by atoms with Crippen molar-refractivity contribution >= 4 is 28.1 Å². The van der Waals surface area contributed by atoms with Crippen LogP contribution >= 0.6 is 15.9 Å². The summed E-state index contributed by atoms with van der Waals surface area (Å²) < 4.78 is 6.24. The number of nitrogens with one attached hydrogen (secondary N) is 1. The first-order chi connectivity index (χ1) is 11.9. The number of hydrogen-bond acceptors (Lipinski definition) is 5. The Kier molecular flexibility index (Phi) is 6.41. The first-order valence-electron chi connectivity index (χ1n) is 7.63. The molecule has 0 aliphatic heterocycles. The van der Waals surface area contributed by atoms with E-state index in [1.165, 1.54) is 30.0 Å². The maximum Gasteiger partial charge on any atom is 0.277 e. The minimum atomic E-state index is -0.436. The zero-order valence-electron chi connectivity index (χ0n) is 13.9. The van der Waals surface area contributed by atoms with Crippen LogP contribution in [0.4, 0.5) is 0 Å². The SMILES string of the molecule is CC(C)c1ccc(OCC(=O)N/N=C/c2ccc(O)cc2O)c(Br)c1. The Hall–Kier alpha value is -2.54. The first kappa shape index (κ1) is 18.8. The van der Waals surface area contributed by atoms with Crippen LogP contribution in [0, 0.1) is 0 Å². The van der Waals surface area contributed by atoms with E-state index in [-0.39, 0.29) is 18.1 Å². The molecule has 0 unspecified atom stereocenters. The van der Waals surface area contributed by atoms with Crippen molar-refractivity contribution in [2.45, 2.75) is 19.8 Å². The molecule has 0 radical (unpaired) electrons. The van der Waals surface area contributed by atoms with Crippen molar-refractivity contribution in [2.75, 3.05) is 6.61 Å². The molecule has 0 heterocycles. The summed E-state index contributed by atoms with van der Waals surface area (Å²) in [4.78, 5) is 11.8. The second-order valence-electron chi connectivity index (χ2n) is 5.67. The maximum absolute atomic E-state index is 11.8. The molecule has 2 aromatic rings. The predicted octanol–water partition coefficient (Wildman–Crippen LogP) is 3.51. The Morgan fingerprint density at radius 2 is 2.04 bits per heavy atom. The van der Waals surface area contributed by atoms with Crippen LogP contribution in [0.5, 0.6) is 17.2 Å². The number of hydrogen-bond donors (Lipinski definition) is 3. The van der Waals surface area contributed by atoms with Crippen LogP contribution in [0.25, 0.3) is 0 Å².